The molecule has 1 aliphatic rings. The van der Waals surface area contributed by atoms with Crippen molar-refractivity contribution in [3.05, 3.63) is 0 Å². The van der Waals surface area contributed by atoms with E-state index in [4.69, 9.17) is 4.74 Å². The number of hydrogen-bond acceptors (Lipinski definition) is 4. The third kappa shape index (κ3) is 5.45. The Balaban J connectivity index is 0.00000225. The average molecular weight is 273 g/mol. The van der Waals surface area contributed by atoms with Gasteiger partial charge in [-0.3, -0.25) is 0 Å². The van der Waals surface area contributed by atoms with E-state index in [-0.39, 0.29) is 17.9 Å². The third-order valence-corrected chi connectivity index (χ3v) is 3.55. The number of nitrogens with one attached hydrogen (secondary N) is 2. The molecule has 0 unspecified atom stereocenters. The Morgan fingerprint density at radius 2 is 1.94 bits per heavy atom. The number of halogens is 1. The number of rotatable bonds is 5. The Bertz CT molecular complexity index is 289. The van der Waals surface area contributed by atoms with E-state index in [9.17, 15) is 8.42 Å². The summed E-state index contributed by atoms with van der Waals surface area (Å²) >= 11 is 0. The van der Waals surface area contributed by atoms with Gasteiger partial charge in [-0.05, 0) is 32.4 Å². The predicted molar refractivity (Wildman–Crippen MR) is 66.6 cm³/mol. The number of ether oxygens (including phenoxy) is 1. The van der Waals surface area contributed by atoms with E-state index in [2.05, 4.69) is 10.0 Å². The molecular formula is C9H21ClN2O3S. The molecule has 2 N–H and O–H groups in total. The Kier molecular flexibility index (Phi) is 6.81. The number of methoxy groups -OCH3 is 1. The SMILES string of the molecule is COCCC1(NS(C)(=O)=O)CCNCC1.Cl. The molecule has 0 radical (unpaired) electrons. The van der Waals surface area contributed by atoms with Crippen molar-refractivity contribution in [2.24, 2.45) is 0 Å². The molecule has 1 fully saturated rings. The van der Waals surface area contributed by atoms with Crippen LogP contribution in [0.4, 0.5) is 0 Å². The molecule has 7 heteroatoms. The Hall–Kier alpha value is 0.120. The smallest absolute Gasteiger partial charge is 0.209 e. The third-order valence-electron chi connectivity index (χ3n) is 2.75. The quantitative estimate of drug-likeness (QED) is 0.746. The zero-order chi connectivity index (χ0) is 11.4. The minimum absolute atomic E-state index is 0. The molecule has 1 heterocycles. The van der Waals surface area contributed by atoms with E-state index in [1.807, 2.05) is 0 Å². The van der Waals surface area contributed by atoms with Crippen LogP contribution in [0.25, 0.3) is 0 Å². The van der Waals surface area contributed by atoms with Crippen molar-refractivity contribution in [3.63, 3.8) is 0 Å². The number of hydrogen-bond donors (Lipinski definition) is 2. The lowest BCUT2D eigenvalue weighted by atomic mass is 9.87. The first-order valence-corrected chi connectivity index (χ1v) is 7.05. The van der Waals surface area contributed by atoms with Gasteiger partial charge < -0.3 is 10.1 Å². The normalized spacial score (nSPS) is 20.1. The Morgan fingerprint density at radius 3 is 2.38 bits per heavy atom. The van der Waals surface area contributed by atoms with E-state index in [0.717, 1.165) is 32.4 Å². The number of sulfonamides is 1. The van der Waals surface area contributed by atoms with Crippen LogP contribution in [-0.4, -0.2) is 47.0 Å². The molecule has 1 aliphatic heterocycles. The fourth-order valence-corrected chi connectivity index (χ4v) is 3.09. The van der Waals surface area contributed by atoms with Crippen molar-refractivity contribution in [2.75, 3.05) is 33.1 Å². The van der Waals surface area contributed by atoms with E-state index in [0.29, 0.717) is 6.61 Å². The van der Waals surface area contributed by atoms with E-state index >= 15 is 0 Å². The second kappa shape index (κ2) is 6.76. The zero-order valence-electron chi connectivity index (χ0n) is 9.78. The van der Waals surface area contributed by atoms with E-state index in [1.54, 1.807) is 7.11 Å². The highest BCUT2D eigenvalue weighted by Crippen LogP contribution is 2.23. The van der Waals surface area contributed by atoms with Gasteiger partial charge in [0.1, 0.15) is 0 Å². The predicted octanol–water partition coefficient (Wildman–Crippen LogP) is 0.116. The van der Waals surface area contributed by atoms with Gasteiger partial charge in [0.2, 0.25) is 10.0 Å². The molecule has 0 aromatic heterocycles. The van der Waals surface area contributed by atoms with Gasteiger partial charge in [-0.25, -0.2) is 13.1 Å². The first kappa shape index (κ1) is 16.1. The van der Waals surface area contributed by atoms with Gasteiger partial charge in [-0.1, -0.05) is 0 Å². The summed E-state index contributed by atoms with van der Waals surface area (Å²) in [6.45, 7) is 2.29. The van der Waals surface area contributed by atoms with E-state index in [1.165, 1.54) is 6.26 Å². The maximum atomic E-state index is 11.3. The first-order valence-electron chi connectivity index (χ1n) is 5.16. The summed E-state index contributed by atoms with van der Waals surface area (Å²) in [6, 6.07) is 0. The van der Waals surface area contributed by atoms with Crippen molar-refractivity contribution < 1.29 is 13.2 Å². The number of piperidine rings is 1. The lowest BCUT2D eigenvalue weighted by Crippen LogP contribution is -2.54. The van der Waals surface area contributed by atoms with Crippen LogP contribution in [0.2, 0.25) is 0 Å². The summed E-state index contributed by atoms with van der Waals surface area (Å²) in [5.41, 5.74) is -0.311. The summed E-state index contributed by atoms with van der Waals surface area (Å²) in [5, 5.41) is 3.23. The zero-order valence-corrected chi connectivity index (χ0v) is 11.4. The standard InChI is InChI=1S/C9H20N2O3S.ClH/c1-14-8-5-9(11-15(2,12)13)3-6-10-7-4-9;/h10-11H,3-8H2,1-2H3;1H. The van der Waals surface area contributed by atoms with Crippen molar-refractivity contribution >= 4 is 22.4 Å². The van der Waals surface area contributed by atoms with Crippen LogP contribution in [0.15, 0.2) is 0 Å². The summed E-state index contributed by atoms with van der Waals surface area (Å²) in [4.78, 5) is 0. The molecule has 0 atom stereocenters. The van der Waals surface area contributed by atoms with Gasteiger partial charge in [-0.15, -0.1) is 12.4 Å². The van der Waals surface area contributed by atoms with Crippen molar-refractivity contribution in [3.8, 4) is 0 Å². The largest absolute Gasteiger partial charge is 0.385 e. The fourth-order valence-electron chi connectivity index (χ4n) is 2.00. The Morgan fingerprint density at radius 1 is 1.38 bits per heavy atom. The van der Waals surface area contributed by atoms with Crippen LogP contribution in [0.5, 0.6) is 0 Å². The molecule has 0 bridgehead atoms. The van der Waals surface area contributed by atoms with Crippen LogP contribution >= 0.6 is 12.4 Å². The van der Waals surface area contributed by atoms with Crippen LogP contribution < -0.4 is 10.0 Å². The van der Waals surface area contributed by atoms with Gasteiger partial charge in [0.05, 0.1) is 6.26 Å². The second-order valence-electron chi connectivity index (χ2n) is 4.15. The molecule has 1 saturated heterocycles. The molecule has 0 saturated carbocycles. The molecule has 5 nitrogen and oxygen atoms in total. The van der Waals surface area contributed by atoms with Gasteiger partial charge in [0, 0.05) is 19.3 Å². The average Bonchev–Trinajstić information content (AvgIpc) is 2.14. The second-order valence-corrected chi connectivity index (χ2v) is 5.90. The summed E-state index contributed by atoms with van der Waals surface area (Å²) in [7, 11) is -1.51. The molecule has 98 valence electrons. The monoisotopic (exact) mass is 272 g/mol. The summed E-state index contributed by atoms with van der Waals surface area (Å²) in [5.74, 6) is 0. The van der Waals surface area contributed by atoms with Crippen LogP contribution in [0, 0.1) is 0 Å². The minimum Gasteiger partial charge on any atom is -0.385 e. The molecule has 0 aromatic rings. The van der Waals surface area contributed by atoms with Crippen LogP contribution in [-0.2, 0) is 14.8 Å². The summed E-state index contributed by atoms with van der Waals surface area (Å²) in [6.07, 6.45) is 3.59. The van der Waals surface area contributed by atoms with Crippen LogP contribution in [0.3, 0.4) is 0 Å². The highest BCUT2D eigenvalue weighted by molar-refractivity contribution is 7.88. The van der Waals surface area contributed by atoms with Gasteiger partial charge in [0.15, 0.2) is 0 Å². The van der Waals surface area contributed by atoms with Crippen molar-refractivity contribution in [1.29, 1.82) is 0 Å². The lowest BCUT2D eigenvalue weighted by molar-refractivity contribution is 0.147. The topological polar surface area (TPSA) is 67.4 Å². The van der Waals surface area contributed by atoms with Gasteiger partial charge >= 0.3 is 0 Å². The van der Waals surface area contributed by atoms with Gasteiger partial charge in [-0.2, -0.15) is 0 Å². The molecule has 0 amide bonds. The minimum atomic E-state index is -3.15. The molecular weight excluding hydrogens is 252 g/mol. The molecule has 0 aromatic carbocycles. The molecule has 0 aliphatic carbocycles. The van der Waals surface area contributed by atoms with Crippen molar-refractivity contribution in [2.45, 2.75) is 24.8 Å². The lowest BCUT2D eigenvalue weighted by Gasteiger charge is -2.37. The maximum absolute atomic E-state index is 11.3. The fraction of sp³-hybridized carbons (Fsp3) is 1.00. The highest BCUT2D eigenvalue weighted by atomic mass is 35.5. The first-order chi connectivity index (χ1) is 6.97. The Labute approximate surface area is 104 Å². The van der Waals surface area contributed by atoms with E-state index < -0.39 is 10.0 Å². The van der Waals surface area contributed by atoms with Crippen LogP contribution in [0.1, 0.15) is 19.3 Å². The summed E-state index contributed by atoms with van der Waals surface area (Å²) < 4.78 is 30.4. The van der Waals surface area contributed by atoms with Gasteiger partial charge in [0.25, 0.3) is 0 Å². The maximum Gasteiger partial charge on any atom is 0.209 e. The molecule has 16 heavy (non-hydrogen) atoms. The molecule has 1 rings (SSSR count). The molecule has 0 spiro atoms. The van der Waals surface area contributed by atoms with Crippen molar-refractivity contribution in [1.82, 2.24) is 10.0 Å². The highest BCUT2D eigenvalue weighted by Gasteiger charge is 2.34.